The summed E-state index contributed by atoms with van der Waals surface area (Å²) in [7, 11) is 0. The van der Waals surface area contributed by atoms with Crippen LogP contribution in [-0.4, -0.2) is 35.1 Å². The SMILES string of the molecule is CC[C@@H]1[C@@H](C(=O)O)CCN1CC. The standard InChI is InChI=1S/C9H17NO2/c1-3-8-7(9(11)12)5-6-10(8)4-2/h7-8H,3-6H2,1-2H3,(H,11,12)/t7-,8+/m0/s1. The lowest BCUT2D eigenvalue weighted by Gasteiger charge is -2.23. The van der Waals surface area contributed by atoms with E-state index < -0.39 is 5.97 Å². The number of carbonyl (C=O) groups is 1. The monoisotopic (exact) mass is 171 g/mol. The zero-order valence-corrected chi connectivity index (χ0v) is 7.79. The Morgan fingerprint density at radius 2 is 2.25 bits per heavy atom. The molecule has 0 spiro atoms. The first-order valence-electron chi connectivity index (χ1n) is 4.67. The van der Waals surface area contributed by atoms with Gasteiger partial charge in [0.2, 0.25) is 0 Å². The Morgan fingerprint density at radius 1 is 1.58 bits per heavy atom. The van der Waals surface area contributed by atoms with Crippen molar-refractivity contribution in [2.75, 3.05) is 13.1 Å². The number of carboxylic acid groups (broad SMARTS) is 1. The molecule has 0 aliphatic carbocycles. The van der Waals surface area contributed by atoms with Crippen LogP contribution in [0.3, 0.4) is 0 Å². The van der Waals surface area contributed by atoms with Crippen molar-refractivity contribution >= 4 is 5.97 Å². The van der Waals surface area contributed by atoms with Crippen molar-refractivity contribution < 1.29 is 9.90 Å². The van der Waals surface area contributed by atoms with Crippen LogP contribution < -0.4 is 0 Å². The average Bonchev–Trinajstić information content (AvgIpc) is 2.46. The highest BCUT2D eigenvalue weighted by molar-refractivity contribution is 5.71. The zero-order valence-electron chi connectivity index (χ0n) is 7.79. The van der Waals surface area contributed by atoms with Crippen LogP contribution in [0.5, 0.6) is 0 Å². The van der Waals surface area contributed by atoms with Crippen LogP contribution in [0.4, 0.5) is 0 Å². The third-order valence-electron chi connectivity index (χ3n) is 2.80. The quantitative estimate of drug-likeness (QED) is 0.693. The zero-order chi connectivity index (χ0) is 9.14. The number of aliphatic carboxylic acids is 1. The van der Waals surface area contributed by atoms with Crippen molar-refractivity contribution in [1.29, 1.82) is 0 Å². The van der Waals surface area contributed by atoms with Gasteiger partial charge in [0.05, 0.1) is 5.92 Å². The summed E-state index contributed by atoms with van der Waals surface area (Å²) in [6.45, 7) is 6.08. The van der Waals surface area contributed by atoms with Crippen molar-refractivity contribution in [3.05, 3.63) is 0 Å². The second-order valence-corrected chi connectivity index (χ2v) is 3.34. The largest absolute Gasteiger partial charge is 0.481 e. The lowest BCUT2D eigenvalue weighted by Crippen LogP contribution is -2.34. The molecule has 1 saturated heterocycles. The van der Waals surface area contributed by atoms with E-state index in [2.05, 4.69) is 18.7 Å². The van der Waals surface area contributed by atoms with E-state index in [9.17, 15) is 4.79 Å². The fourth-order valence-corrected chi connectivity index (χ4v) is 2.14. The predicted octanol–water partition coefficient (Wildman–Crippen LogP) is 1.19. The van der Waals surface area contributed by atoms with Gasteiger partial charge in [-0.3, -0.25) is 9.69 Å². The molecule has 1 N–H and O–H groups in total. The minimum absolute atomic E-state index is 0.130. The van der Waals surface area contributed by atoms with E-state index in [0.29, 0.717) is 0 Å². The van der Waals surface area contributed by atoms with Gasteiger partial charge in [-0.25, -0.2) is 0 Å². The molecule has 0 aromatic heterocycles. The summed E-state index contributed by atoms with van der Waals surface area (Å²) in [5.74, 6) is -0.757. The molecule has 1 heterocycles. The normalized spacial score (nSPS) is 30.8. The van der Waals surface area contributed by atoms with E-state index in [1.807, 2.05) is 0 Å². The Hall–Kier alpha value is -0.570. The summed E-state index contributed by atoms with van der Waals surface area (Å²) in [4.78, 5) is 13.1. The Morgan fingerprint density at radius 3 is 2.67 bits per heavy atom. The van der Waals surface area contributed by atoms with Gasteiger partial charge in [-0.05, 0) is 25.9 Å². The molecule has 1 rings (SSSR count). The van der Waals surface area contributed by atoms with Crippen molar-refractivity contribution in [2.45, 2.75) is 32.7 Å². The van der Waals surface area contributed by atoms with Crippen molar-refractivity contribution in [2.24, 2.45) is 5.92 Å². The molecular formula is C9H17NO2. The van der Waals surface area contributed by atoms with Crippen LogP contribution in [0.2, 0.25) is 0 Å². The van der Waals surface area contributed by atoms with E-state index >= 15 is 0 Å². The number of hydrogen-bond acceptors (Lipinski definition) is 2. The minimum atomic E-state index is -0.627. The minimum Gasteiger partial charge on any atom is -0.481 e. The Kier molecular flexibility index (Phi) is 3.09. The van der Waals surface area contributed by atoms with Gasteiger partial charge in [-0.1, -0.05) is 13.8 Å². The van der Waals surface area contributed by atoms with Gasteiger partial charge in [0.1, 0.15) is 0 Å². The molecule has 12 heavy (non-hydrogen) atoms. The highest BCUT2D eigenvalue weighted by Crippen LogP contribution is 2.26. The van der Waals surface area contributed by atoms with E-state index in [4.69, 9.17) is 5.11 Å². The molecule has 0 radical (unpaired) electrons. The van der Waals surface area contributed by atoms with Gasteiger partial charge in [0.25, 0.3) is 0 Å². The Bertz CT molecular complexity index is 170. The summed E-state index contributed by atoms with van der Waals surface area (Å²) >= 11 is 0. The molecule has 0 aromatic carbocycles. The number of likely N-dealkylation sites (tertiary alicyclic amines) is 1. The van der Waals surface area contributed by atoms with Crippen LogP contribution in [0.25, 0.3) is 0 Å². The fraction of sp³-hybridized carbons (Fsp3) is 0.889. The molecular weight excluding hydrogens is 154 g/mol. The number of rotatable bonds is 3. The average molecular weight is 171 g/mol. The molecule has 0 bridgehead atoms. The maximum Gasteiger partial charge on any atom is 0.308 e. The van der Waals surface area contributed by atoms with Crippen LogP contribution in [0.15, 0.2) is 0 Å². The molecule has 2 atom stereocenters. The molecule has 1 fully saturated rings. The topological polar surface area (TPSA) is 40.5 Å². The highest BCUT2D eigenvalue weighted by atomic mass is 16.4. The maximum absolute atomic E-state index is 10.8. The van der Waals surface area contributed by atoms with Crippen LogP contribution in [-0.2, 0) is 4.79 Å². The summed E-state index contributed by atoms with van der Waals surface area (Å²) in [6, 6.07) is 0.271. The highest BCUT2D eigenvalue weighted by Gasteiger charge is 2.36. The second kappa shape index (κ2) is 3.90. The van der Waals surface area contributed by atoms with Crippen molar-refractivity contribution in [1.82, 2.24) is 4.90 Å². The molecule has 0 amide bonds. The summed E-state index contributed by atoms with van der Waals surface area (Å²) < 4.78 is 0. The summed E-state index contributed by atoms with van der Waals surface area (Å²) in [6.07, 6.45) is 1.77. The third kappa shape index (κ3) is 1.61. The molecule has 3 nitrogen and oxygen atoms in total. The Balaban J connectivity index is 2.62. The molecule has 0 saturated carbocycles. The predicted molar refractivity (Wildman–Crippen MR) is 47.1 cm³/mol. The molecule has 0 aromatic rings. The van der Waals surface area contributed by atoms with Crippen LogP contribution in [0.1, 0.15) is 26.7 Å². The molecule has 1 aliphatic heterocycles. The maximum atomic E-state index is 10.8. The second-order valence-electron chi connectivity index (χ2n) is 3.34. The Labute approximate surface area is 73.4 Å². The van der Waals surface area contributed by atoms with Gasteiger partial charge >= 0.3 is 5.97 Å². The first kappa shape index (κ1) is 9.52. The van der Waals surface area contributed by atoms with Gasteiger partial charge in [0, 0.05) is 6.04 Å². The fourth-order valence-electron chi connectivity index (χ4n) is 2.14. The number of carboxylic acids is 1. The van der Waals surface area contributed by atoms with E-state index in [-0.39, 0.29) is 12.0 Å². The van der Waals surface area contributed by atoms with E-state index in [1.165, 1.54) is 0 Å². The van der Waals surface area contributed by atoms with Crippen LogP contribution in [0, 0.1) is 5.92 Å². The molecule has 0 unspecified atom stereocenters. The van der Waals surface area contributed by atoms with Crippen LogP contribution >= 0.6 is 0 Å². The first-order chi connectivity index (χ1) is 5.70. The molecule has 70 valence electrons. The van der Waals surface area contributed by atoms with E-state index in [0.717, 1.165) is 25.9 Å². The molecule has 3 heteroatoms. The van der Waals surface area contributed by atoms with Gasteiger partial charge in [-0.2, -0.15) is 0 Å². The van der Waals surface area contributed by atoms with Crippen molar-refractivity contribution in [3.63, 3.8) is 0 Å². The number of hydrogen-bond donors (Lipinski definition) is 1. The lowest BCUT2D eigenvalue weighted by atomic mass is 9.99. The van der Waals surface area contributed by atoms with Gasteiger partial charge in [-0.15, -0.1) is 0 Å². The number of nitrogens with zero attached hydrogens (tertiary/aromatic N) is 1. The smallest absolute Gasteiger partial charge is 0.308 e. The van der Waals surface area contributed by atoms with Crippen molar-refractivity contribution in [3.8, 4) is 0 Å². The molecule has 1 aliphatic rings. The lowest BCUT2D eigenvalue weighted by molar-refractivity contribution is -0.142. The summed E-state index contributed by atoms with van der Waals surface area (Å²) in [5.41, 5.74) is 0. The van der Waals surface area contributed by atoms with Gasteiger partial charge < -0.3 is 5.11 Å². The third-order valence-corrected chi connectivity index (χ3v) is 2.80. The summed E-state index contributed by atoms with van der Waals surface area (Å²) in [5, 5.41) is 8.90. The van der Waals surface area contributed by atoms with E-state index in [1.54, 1.807) is 0 Å². The first-order valence-corrected chi connectivity index (χ1v) is 4.67. The van der Waals surface area contributed by atoms with Gasteiger partial charge in [0.15, 0.2) is 0 Å².